The molecule has 0 spiro atoms. The SMILES string of the molecule is CNC1CCC(N2CCC(O)CC2)CC1. The number of nitrogens with zero attached hydrogens (tertiary/aromatic N) is 1. The monoisotopic (exact) mass is 212 g/mol. The summed E-state index contributed by atoms with van der Waals surface area (Å²) in [7, 11) is 2.07. The van der Waals surface area contributed by atoms with Crippen LogP contribution >= 0.6 is 0 Å². The van der Waals surface area contributed by atoms with E-state index < -0.39 is 0 Å². The van der Waals surface area contributed by atoms with Crippen LogP contribution in [0.4, 0.5) is 0 Å². The summed E-state index contributed by atoms with van der Waals surface area (Å²) in [4.78, 5) is 2.60. The first-order valence-corrected chi connectivity index (χ1v) is 6.39. The number of rotatable bonds is 2. The van der Waals surface area contributed by atoms with Gasteiger partial charge in [-0.1, -0.05) is 0 Å². The van der Waals surface area contributed by atoms with Crippen LogP contribution in [0.15, 0.2) is 0 Å². The average molecular weight is 212 g/mol. The third kappa shape index (κ3) is 2.92. The van der Waals surface area contributed by atoms with E-state index in [4.69, 9.17) is 0 Å². The van der Waals surface area contributed by atoms with E-state index in [2.05, 4.69) is 17.3 Å². The zero-order valence-corrected chi connectivity index (χ0v) is 9.78. The van der Waals surface area contributed by atoms with Crippen LogP contribution in [-0.4, -0.2) is 48.3 Å². The molecule has 1 aliphatic carbocycles. The molecule has 3 nitrogen and oxygen atoms in total. The lowest BCUT2D eigenvalue weighted by atomic mass is 9.89. The smallest absolute Gasteiger partial charge is 0.0564 e. The third-order valence-electron chi connectivity index (χ3n) is 4.12. The first-order chi connectivity index (χ1) is 7.29. The highest BCUT2D eigenvalue weighted by Crippen LogP contribution is 2.25. The fourth-order valence-electron chi connectivity index (χ4n) is 2.98. The highest BCUT2D eigenvalue weighted by molar-refractivity contribution is 4.84. The summed E-state index contributed by atoms with van der Waals surface area (Å²) >= 11 is 0. The maximum absolute atomic E-state index is 9.47. The van der Waals surface area contributed by atoms with Crippen molar-refractivity contribution in [3.63, 3.8) is 0 Å². The quantitative estimate of drug-likeness (QED) is 0.716. The molecular weight excluding hydrogens is 188 g/mol. The van der Waals surface area contributed by atoms with Crippen molar-refractivity contribution in [1.29, 1.82) is 0 Å². The highest BCUT2D eigenvalue weighted by atomic mass is 16.3. The lowest BCUT2D eigenvalue weighted by molar-refractivity contribution is 0.0479. The first-order valence-electron chi connectivity index (χ1n) is 6.39. The number of hydrogen-bond acceptors (Lipinski definition) is 3. The molecule has 2 fully saturated rings. The van der Waals surface area contributed by atoms with Crippen LogP contribution < -0.4 is 5.32 Å². The topological polar surface area (TPSA) is 35.5 Å². The van der Waals surface area contributed by atoms with E-state index in [1.165, 1.54) is 25.7 Å². The fourth-order valence-corrected chi connectivity index (χ4v) is 2.98. The number of piperidine rings is 1. The van der Waals surface area contributed by atoms with E-state index in [-0.39, 0.29) is 6.10 Å². The standard InChI is InChI=1S/C12H24N2O/c1-13-10-2-4-11(5-3-10)14-8-6-12(15)7-9-14/h10-13,15H,2-9H2,1H3. The van der Waals surface area contributed by atoms with Crippen molar-refractivity contribution in [1.82, 2.24) is 10.2 Å². The number of aliphatic hydroxyl groups excluding tert-OH is 1. The Morgan fingerprint density at radius 2 is 1.60 bits per heavy atom. The van der Waals surface area contributed by atoms with Crippen LogP contribution in [0.5, 0.6) is 0 Å². The normalized spacial score (nSPS) is 35.6. The largest absolute Gasteiger partial charge is 0.393 e. The predicted octanol–water partition coefficient (Wildman–Crippen LogP) is 0.974. The Kier molecular flexibility index (Phi) is 4.00. The molecular formula is C12H24N2O. The molecule has 3 heteroatoms. The molecule has 0 aromatic rings. The minimum absolute atomic E-state index is 0.0325. The molecule has 2 N–H and O–H groups in total. The van der Waals surface area contributed by atoms with Crippen LogP contribution in [0.1, 0.15) is 38.5 Å². The van der Waals surface area contributed by atoms with Crippen molar-refractivity contribution in [3.8, 4) is 0 Å². The van der Waals surface area contributed by atoms with E-state index >= 15 is 0 Å². The van der Waals surface area contributed by atoms with E-state index in [9.17, 15) is 5.11 Å². The van der Waals surface area contributed by atoms with Crippen LogP contribution in [-0.2, 0) is 0 Å². The maximum Gasteiger partial charge on any atom is 0.0564 e. The van der Waals surface area contributed by atoms with Crippen molar-refractivity contribution < 1.29 is 5.11 Å². The average Bonchev–Trinajstić information content (AvgIpc) is 2.30. The van der Waals surface area contributed by atoms with Gasteiger partial charge in [-0.15, -0.1) is 0 Å². The molecule has 15 heavy (non-hydrogen) atoms. The predicted molar refractivity (Wildman–Crippen MR) is 61.9 cm³/mol. The van der Waals surface area contributed by atoms with E-state index in [0.717, 1.165) is 38.0 Å². The molecule has 2 rings (SSSR count). The number of hydrogen-bond donors (Lipinski definition) is 2. The second-order valence-corrected chi connectivity index (χ2v) is 5.06. The Morgan fingerprint density at radius 1 is 1.00 bits per heavy atom. The van der Waals surface area contributed by atoms with Crippen molar-refractivity contribution in [3.05, 3.63) is 0 Å². The summed E-state index contributed by atoms with van der Waals surface area (Å²) in [5.74, 6) is 0. The summed E-state index contributed by atoms with van der Waals surface area (Å²) in [6.45, 7) is 2.21. The summed E-state index contributed by atoms with van der Waals surface area (Å²) in [6.07, 6.45) is 7.23. The van der Waals surface area contributed by atoms with Crippen LogP contribution in [0.2, 0.25) is 0 Å². The molecule has 1 saturated carbocycles. The van der Waals surface area contributed by atoms with Gasteiger partial charge in [0, 0.05) is 25.2 Å². The molecule has 1 heterocycles. The van der Waals surface area contributed by atoms with Gasteiger partial charge in [-0.2, -0.15) is 0 Å². The summed E-state index contributed by atoms with van der Waals surface area (Å²) in [5, 5.41) is 12.8. The molecule has 2 aliphatic rings. The van der Waals surface area contributed by atoms with Gasteiger partial charge >= 0.3 is 0 Å². The first kappa shape index (κ1) is 11.4. The van der Waals surface area contributed by atoms with E-state index in [1.54, 1.807) is 0 Å². The molecule has 0 radical (unpaired) electrons. The second kappa shape index (κ2) is 5.28. The molecule has 0 unspecified atom stereocenters. The zero-order chi connectivity index (χ0) is 10.7. The second-order valence-electron chi connectivity index (χ2n) is 5.06. The molecule has 0 amide bonds. The summed E-state index contributed by atoms with van der Waals surface area (Å²) in [5.41, 5.74) is 0. The molecule has 88 valence electrons. The van der Waals surface area contributed by atoms with Gasteiger partial charge in [0.05, 0.1) is 6.10 Å². The van der Waals surface area contributed by atoms with E-state index in [1.807, 2.05) is 0 Å². The van der Waals surface area contributed by atoms with Gasteiger partial charge in [-0.25, -0.2) is 0 Å². The minimum atomic E-state index is -0.0325. The van der Waals surface area contributed by atoms with Crippen molar-refractivity contribution in [2.24, 2.45) is 0 Å². The van der Waals surface area contributed by atoms with E-state index in [0.29, 0.717) is 0 Å². The third-order valence-corrected chi connectivity index (χ3v) is 4.12. The Morgan fingerprint density at radius 3 is 2.13 bits per heavy atom. The maximum atomic E-state index is 9.47. The lowest BCUT2D eigenvalue weighted by Crippen LogP contribution is -2.46. The molecule has 0 aromatic heterocycles. The van der Waals surface area contributed by atoms with Gasteiger partial charge in [0.25, 0.3) is 0 Å². The molecule has 1 saturated heterocycles. The summed E-state index contributed by atoms with van der Waals surface area (Å²) in [6, 6.07) is 1.54. The van der Waals surface area contributed by atoms with Gasteiger partial charge in [-0.05, 0) is 45.6 Å². The van der Waals surface area contributed by atoms with Crippen molar-refractivity contribution >= 4 is 0 Å². The highest BCUT2D eigenvalue weighted by Gasteiger charge is 2.27. The molecule has 0 aromatic carbocycles. The van der Waals surface area contributed by atoms with Crippen molar-refractivity contribution in [2.75, 3.05) is 20.1 Å². The number of aliphatic hydroxyl groups is 1. The summed E-state index contributed by atoms with van der Waals surface area (Å²) < 4.78 is 0. The number of likely N-dealkylation sites (tertiary alicyclic amines) is 1. The Hall–Kier alpha value is -0.120. The Balaban J connectivity index is 1.75. The zero-order valence-electron chi connectivity index (χ0n) is 9.78. The van der Waals surface area contributed by atoms with Gasteiger partial charge in [0.15, 0.2) is 0 Å². The van der Waals surface area contributed by atoms with Crippen LogP contribution in [0.25, 0.3) is 0 Å². The van der Waals surface area contributed by atoms with Gasteiger partial charge in [-0.3, -0.25) is 0 Å². The minimum Gasteiger partial charge on any atom is -0.393 e. The van der Waals surface area contributed by atoms with Crippen molar-refractivity contribution in [2.45, 2.75) is 56.7 Å². The fraction of sp³-hybridized carbons (Fsp3) is 1.00. The molecule has 0 bridgehead atoms. The van der Waals surface area contributed by atoms with Gasteiger partial charge in [0.2, 0.25) is 0 Å². The van der Waals surface area contributed by atoms with Crippen LogP contribution in [0, 0.1) is 0 Å². The van der Waals surface area contributed by atoms with Gasteiger partial charge in [0.1, 0.15) is 0 Å². The Bertz CT molecular complexity index is 182. The lowest BCUT2D eigenvalue weighted by Gasteiger charge is -2.39. The Labute approximate surface area is 92.8 Å². The molecule has 0 atom stereocenters. The number of nitrogens with one attached hydrogen (secondary N) is 1. The molecule has 1 aliphatic heterocycles. The van der Waals surface area contributed by atoms with Crippen LogP contribution in [0.3, 0.4) is 0 Å². The van der Waals surface area contributed by atoms with Gasteiger partial charge < -0.3 is 15.3 Å².